The maximum atomic E-state index is 9.69. The number of hydrogen-bond donors (Lipinski definition) is 1. The predicted octanol–water partition coefficient (Wildman–Crippen LogP) is 3.64. The second-order valence-corrected chi connectivity index (χ2v) is 6.84. The Hall–Kier alpha value is -1.88. The molecule has 0 spiro atoms. The summed E-state index contributed by atoms with van der Waals surface area (Å²) in [4.78, 5) is 6.70. The molecular formula is C19H20ClN3O. The van der Waals surface area contributed by atoms with Crippen molar-refractivity contribution in [3.8, 4) is 5.69 Å². The highest BCUT2D eigenvalue weighted by atomic mass is 35.5. The zero-order valence-corrected chi connectivity index (χ0v) is 14.2. The lowest BCUT2D eigenvalue weighted by molar-refractivity contribution is 0.0794. The molecule has 1 N–H and O–H groups in total. The van der Waals surface area contributed by atoms with Crippen molar-refractivity contribution in [2.75, 3.05) is 13.1 Å². The van der Waals surface area contributed by atoms with E-state index in [0.29, 0.717) is 0 Å². The molecule has 1 aromatic carbocycles. The highest BCUT2D eigenvalue weighted by molar-refractivity contribution is 6.30. The molecule has 24 heavy (non-hydrogen) atoms. The second-order valence-electron chi connectivity index (χ2n) is 6.40. The minimum absolute atomic E-state index is 0.138. The molecule has 3 aromatic rings. The standard InChI is InChI=1S/C19H20ClN3O/c20-15-1-3-16(4-2-15)23-13-14(18-5-8-21-11-19(18)23)12-22-9-6-17(24)7-10-22/h1-5,8,11,13,17,24H,6-7,9-10,12H2. The van der Waals surface area contributed by atoms with Gasteiger partial charge >= 0.3 is 0 Å². The number of pyridine rings is 1. The van der Waals surface area contributed by atoms with Crippen molar-refractivity contribution in [1.29, 1.82) is 0 Å². The molecule has 1 saturated heterocycles. The van der Waals surface area contributed by atoms with Gasteiger partial charge in [-0.2, -0.15) is 0 Å². The van der Waals surface area contributed by atoms with Gasteiger partial charge in [0.1, 0.15) is 0 Å². The number of fused-ring (bicyclic) bond motifs is 1. The molecule has 0 unspecified atom stereocenters. The van der Waals surface area contributed by atoms with Crippen LogP contribution in [0.15, 0.2) is 48.9 Å². The average Bonchev–Trinajstić information content (AvgIpc) is 2.97. The van der Waals surface area contributed by atoms with Crippen molar-refractivity contribution >= 4 is 22.5 Å². The molecule has 124 valence electrons. The van der Waals surface area contributed by atoms with Crippen LogP contribution in [0.5, 0.6) is 0 Å². The molecule has 4 nitrogen and oxygen atoms in total. The number of benzene rings is 1. The summed E-state index contributed by atoms with van der Waals surface area (Å²) in [5.41, 5.74) is 3.48. The van der Waals surface area contributed by atoms with E-state index in [1.54, 1.807) is 0 Å². The Kier molecular flexibility index (Phi) is 4.27. The van der Waals surface area contributed by atoms with Gasteiger partial charge in [0, 0.05) is 48.1 Å². The van der Waals surface area contributed by atoms with E-state index in [1.165, 1.54) is 10.9 Å². The average molecular weight is 342 g/mol. The van der Waals surface area contributed by atoms with E-state index < -0.39 is 0 Å². The molecule has 0 aliphatic carbocycles. The number of aliphatic hydroxyl groups is 1. The minimum atomic E-state index is -0.138. The van der Waals surface area contributed by atoms with Gasteiger partial charge in [0.15, 0.2) is 0 Å². The van der Waals surface area contributed by atoms with Gasteiger partial charge in [-0.05, 0) is 48.7 Å². The van der Waals surface area contributed by atoms with Crippen molar-refractivity contribution < 1.29 is 5.11 Å². The number of piperidine rings is 1. The third kappa shape index (κ3) is 3.05. The molecular weight excluding hydrogens is 322 g/mol. The number of rotatable bonds is 3. The van der Waals surface area contributed by atoms with Gasteiger partial charge in [-0.1, -0.05) is 11.6 Å². The summed E-state index contributed by atoms with van der Waals surface area (Å²) in [5, 5.41) is 11.7. The Morgan fingerprint density at radius 1 is 1.12 bits per heavy atom. The Bertz CT molecular complexity index is 835. The van der Waals surface area contributed by atoms with Crippen LogP contribution >= 0.6 is 11.6 Å². The molecule has 0 bridgehead atoms. The second kappa shape index (κ2) is 6.55. The molecule has 0 atom stereocenters. The van der Waals surface area contributed by atoms with Crippen LogP contribution < -0.4 is 0 Å². The summed E-state index contributed by atoms with van der Waals surface area (Å²) in [6, 6.07) is 9.94. The van der Waals surface area contributed by atoms with Crippen LogP contribution in [0.2, 0.25) is 5.02 Å². The van der Waals surface area contributed by atoms with E-state index in [2.05, 4.69) is 26.7 Å². The summed E-state index contributed by atoms with van der Waals surface area (Å²) < 4.78 is 2.17. The van der Waals surface area contributed by atoms with Crippen LogP contribution in [0.1, 0.15) is 18.4 Å². The van der Waals surface area contributed by atoms with Gasteiger partial charge in [0.2, 0.25) is 0 Å². The molecule has 0 amide bonds. The van der Waals surface area contributed by atoms with Gasteiger partial charge in [-0.3, -0.25) is 9.88 Å². The smallest absolute Gasteiger partial charge is 0.0715 e. The van der Waals surface area contributed by atoms with E-state index in [0.717, 1.165) is 48.7 Å². The summed E-state index contributed by atoms with van der Waals surface area (Å²) in [5.74, 6) is 0. The Morgan fingerprint density at radius 2 is 1.88 bits per heavy atom. The number of nitrogens with zero attached hydrogens (tertiary/aromatic N) is 3. The molecule has 2 aromatic heterocycles. The molecule has 0 radical (unpaired) electrons. The van der Waals surface area contributed by atoms with Crippen LogP contribution in [0.4, 0.5) is 0 Å². The zero-order chi connectivity index (χ0) is 16.5. The highest BCUT2D eigenvalue weighted by Crippen LogP contribution is 2.26. The van der Waals surface area contributed by atoms with E-state index in [4.69, 9.17) is 11.6 Å². The molecule has 1 aliphatic rings. The lowest BCUT2D eigenvalue weighted by atomic mass is 10.1. The summed E-state index contributed by atoms with van der Waals surface area (Å²) >= 11 is 6.01. The monoisotopic (exact) mass is 341 g/mol. The van der Waals surface area contributed by atoms with Crippen LogP contribution in [0.3, 0.4) is 0 Å². The fourth-order valence-electron chi connectivity index (χ4n) is 3.40. The number of halogens is 1. The molecule has 3 heterocycles. The van der Waals surface area contributed by atoms with Crippen LogP contribution in [-0.2, 0) is 6.54 Å². The van der Waals surface area contributed by atoms with E-state index >= 15 is 0 Å². The SMILES string of the molecule is OC1CCN(Cc2cn(-c3ccc(Cl)cc3)c3cnccc23)CC1. The maximum Gasteiger partial charge on any atom is 0.0715 e. The first-order chi connectivity index (χ1) is 11.7. The van der Waals surface area contributed by atoms with Crippen molar-refractivity contribution in [1.82, 2.24) is 14.5 Å². The predicted molar refractivity (Wildman–Crippen MR) is 96.6 cm³/mol. The molecule has 1 aliphatic heterocycles. The largest absolute Gasteiger partial charge is 0.393 e. The van der Waals surface area contributed by atoms with Crippen LogP contribution in [0, 0.1) is 0 Å². The topological polar surface area (TPSA) is 41.3 Å². The lowest BCUT2D eigenvalue weighted by Crippen LogP contribution is -2.35. The minimum Gasteiger partial charge on any atom is -0.393 e. The van der Waals surface area contributed by atoms with E-state index in [9.17, 15) is 5.11 Å². The van der Waals surface area contributed by atoms with Crippen LogP contribution in [-0.4, -0.2) is 38.8 Å². The first-order valence-corrected chi connectivity index (χ1v) is 8.69. The molecule has 4 rings (SSSR count). The van der Waals surface area contributed by atoms with Gasteiger partial charge in [-0.15, -0.1) is 0 Å². The van der Waals surface area contributed by atoms with Gasteiger partial charge < -0.3 is 9.67 Å². The van der Waals surface area contributed by atoms with Gasteiger partial charge in [0.05, 0.1) is 17.8 Å². The number of hydrogen-bond acceptors (Lipinski definition) is 3. The van der Waals surface area contributed by atoms with Gasteiger partial charge in [-0.25, -0.2) is 0 Å². The van der Waals surface area contributed by atoms with E-state index in [1.807, 2.05) is 36.7 Å². The first kappa shape index (κ1) is 15.6. The summed E-state index contributed by atoms with van der Waals surface area (Å²) in [6.07, 6.45) is 7.53. The molecule has 5 heteroatoms. The normalized spacial score (nSPS) is 16.8. The third-order valence-electron chi connectivity index (χ3n) is 4.75. The Labute approximate surface area is 146 Å². The van der Waals surface area contributed by atoms with Crippen LogP contribution in [0.25, 0.3) is 16.6 Å². The maximum absolute atomic E-state index is 9.69. The van der Waals surface area contributed by atoms with Crippen molar-refractivity contribution in [2.24, 2.45) is 0 Å². The quantitative estimate of drug-likeness (QED) is 0.790. The van der Waals surface area contributed by atoms with Gasteiger partial charge in [0.25, 0.3) is 0 Å². The van der Waals surface area contributed by atoms with E-state index in [-0.39, 0.29) is 6.10 Å². The lowest BCUT2D eigenvalue weighted by Gasteiger charge is -2.29. The molecule has 0 saturated carbocycles. The zero-order valence-electron chi connectivity index (χ0n) is 13.4. The fourth-order valence-corrected chi connectivity index (χ4v) is 3.53. The van der Waals surface area contributed by atoms with Crippen molar-refractivity contribution in [3.05, 3.63) is 59.5 Å². The summed E-state index contributed by atoms with van der Waals surface area (Å²) in [7, 11) is 0. The fraction of sp³-hybridized carbons (Fsp3) is 0.316. The summed E-state index contributed by atoms with van der Waals surface area (Å²) in [6.45, 7) is 2.79. The Balaban J connectivity index is 1.70. The number of likely N-dealkylation sites (tertiary alicyclic amines) is 1. The highest BCUT2D eigenvalue weighted by Gasteiger charge is 2.19. The number of aromatic nitrogens is 2. The van der Waals surface area contributed by atoms with Crippen molar-refractivity contribution in [3.63, 3.8) is 0 Å². The Morgan fingerprint density at radius 3 is 2.62 bits per heavy atom. The third-order valence-corrected chi connectivity index (χ3v) is 5.00. The molecule has 1 fully saturated rings. The van der Waals surface area contributed by atoms with Crippen molar-refractivity contribution in [2.45, 2.75) is 25.5 Å². The number of aliphatic hydroxyl groups excluding tert-OH is 1. The first-order valence-electron chi connectivity index (χ1n) is 8.31.